The topological polar surface area (TPSA) is 63.6 Å². The second-order valence-corrected chi connectivity index (χ2v) is 6.01. The average Bonchev–Trinajstić information content (AvgIpc) is 3.42. The van der Waals surface area contributed by atoms with Gasteiger partial charge >= 0.3 is 5.69 Å². The summed E-state index contributed by atoms with van der Waals surface area (Å²) in [5, 5.41) is 13.8. The molecule has 1 aliphatic carbocycles. The zero-order valence-electron chi connectivity index (χ0n) is 13.1. The first-order valence-corrected chi connectivity index (χ1v) is 8.01. The first-order valence-electron chi connectivity index (χ1n) is 8.01. The van der Waals surface area contributed by atoms with Gasteiger partial charge in [-0.15, -0.1) is 0 Å². The lowest BCUT2D eigenvalue weighted by Gasteiger charge is -2.03. The summed E-state index contributed by atoms with van der Waals surface area (Å²) in [6.07, 6.45) is 2.14. The van der Waals surface area contributed by atoms with Crippen LogP contribution in [0.1, 0.15) is 35.7 Å². The Kier molecular flexibility index (Phi) is 3.51. The molecule has 0 atom stereocenters. The summed E-state index contributed by atoms with van der Waals surface area (Å²) in [7, 11) is 0. The minimum Gasteiger partial charge on any atom is -0.247 e. The first-order chi connectivity index (χ1) is 11.8. The van der Waals surface area contributed by atoms with Crippen molar-refractivity contribution in [2.75, 3.05) is 0 Å². The summed E-state index contributed by atoms with van der Waals surface area (Å²) < 4.78 is 3.17. The molecule has 5 heteroatoms. The molecule has 3 aromatic rings. The Balaban J connectivity index is 1.81. The van der Waals surface area contributed by atoms with E-state index in [2.05, 4.69) is 11.2 Å². The quantitative estimate of drug-likeness (QED) is 0.743. The zero-order valence-corrected chi connectivity index (χ0v) is 13.1. The van der Waals surface area contributed by atoms with E-state index in [9.17, 15) is 10.1 Å². The monoisotopic (exact) mass is 316 g/mol. The maximum Gasteiger partial charge on any atom is 0.350 e. The normalized spacial score (nSPS) is 13.6. The van der Waals surface area contributed by atoms with Crippen LogP contribution in [-0.2, 0) is 6.54 Å². The minimum atomic E-state index is -0.157. The molecule has 1 aliphatic rings. The van der Waals surface area contributed by atoms with E-state index in [0.717, 1.165) is 29.9 Å². The number of aromatic nitrogens is 3. The molecular formula is C19H16N4O. The van der Waals surface area contributed by atoms with E-state index in [1.165, 1.54) is 4.68 Å². The van der Waals surface area contributed by atoms with Crippen LogP contribution in [0.5, 0.6) is 0 Å². The van der Waals surface area contributed by atoms with Gasteiger partial charge in [-0.3, -0.25) is 0 Å². The molecule has 0 spiro atoms. The standard InChI is InChI=1S/C19H16N4O/c20-12-15-6-4-5-7-16(15)13-22-19(24)23(17-8-2-1-3-9-17)18(21-22)14-10-11-14/h1-9,14H,10-11,13H2. The zero-order chi connectivity index (χ0) is 16.5. The number of hydrogen-bond acceptors (Lipinski definition) is 3. The Bertz CT molecular complexity index is 975. The van der Waals surface area contributed by atoms with Gasteiger partial charge in [0.25, 0.3) is 0 Å². The van der Waals surface area contributed by atoms with Gasteiger partial charge in [-0.05, 0) is 36.6 Å². The second-order valence-electron chi connectivity index (χ2n) is 6.01. The molecule has 5 nitrogen and oxygen atoms in total. The van der Waals surface area contributed by atoms with Crippen molar-refractivity contribution in [2.45, 2.75) is 25.3 Å². The second kappa shape index (κ2) is 5.82. The molecule has 1 aromatic heterocycles. The van der Waals surface area contributed by atoms with Crippen LogP contribution in [0, 0.1) is 11.3 Å². The van der Waals surface area contributed by atoms with Crippen LogP contribution < -0.4 is 5.69 Å². The van der Waals surface area contributed by atoms with E-state index in [1.54, 1.807) is 10.6 Å². The fourth-order valence-corrected chi connectivity index (χ4v) is 2.88. The van der Waals surface area contributed by atoms with Crippen molar-refractivity contribution in [1.29, 1.82) is 5.26 Å². The molecule has 0 radical (unpaired) electrons. The van der Waals surface area contributed by atoms with Crippen LogP contribution in [0.4, 0.5) is 0 Å². The molecule has 118 valence electrons. The number of nitriles is 1. The Hall–Kier alpha value is -3.13. The molecule has 0 bridgehead atoms. The van der Waals surface area contributed by atoms with E-state index in [4.69, 9.17) is 0 Å². The maximum atomic E-state index is 12.9. The molecule has 1 saturated carbocycles. The van der Waals surface area contributed by atoms with Gasteiger partial charge in [-0.25, -0.2) is 14.0 Å². The van der Waals surface area contributed by atoms with Crippen molar-refractivity contribution in [3.63, 3.8) is 0 Å². The van der Waals surface area contributed by atoms with Crippen molar-refractivity contribution in [2.24, 2.45) is 0 Å². The van der Waals surface area contributed by atoms with Crippen molar-refractivity contribution in [3.05, 3.63) is 82.0 Å². The Morgan fingerprint density at radius 1 is 1.08 bits per heavy atom. The van der Waals surface area contributed by atoms with Crippen LogP contribution in [0.2, 0.25) is 0 Å². The molecule has 0 saturated heterocycles. The van der Waals surface area contributed by atoms with Crippen molar-refractivity contribution in [1.82, 2.24) is 14.3 Å². The number of para-hydroxylation sites is 1. The highest BCUT2D eigenvalue weighted by molar-refractivity contribution is 5.38. The van der Waals surface area contributed by atoms with Crippen LogP contribution in [-0.4, -0.2) is 14.3 Å². The van der Waals surface area contributed by atoms with E-state index in [1.807, 2.05) is 48.5 Å². The first kappa shape index (κ1) is 14.5. The van der Waals surface area contributed by atoms with Gasteiger partial charge in [0.15, 0.2) is 0 Å². The molecule has 24 heavy (non-hydrogen) atoms. The lowest BCUT2D eigenvalue weighted by molar-refractivity contribution is 0.647. The summed E-state index contributed by atoms with van der Waals surface area (Å²) in [6.45, 7) is 0.308. The third kappa shape index (κ3) is 2.52. The number of nitrogens with zero attached hydrogens (tertiary/aromatic N) is 4. The lowest BCUT2D eigenvalue weighted by atomic mass is 10.1. The van der Waals surface area contributed by atoms with Gasteiger partial charge in [-0.1, -0.05) is 36.4 Å². The van der Waals surface area contributed by atoms with Crippen molar-refractivity contribution in [3.8, 4) is 11.8 Å². The van der Waals surface area contributed by atoms with Gasteiger partial charge in [-0.2, -0.15) is 10.4 Å². The van der Waals surface area contributed by atoms with Crippen LogP contribution in [0.3, 0.4) is 0 Å². The Morgan fingerprint density at radius 2 is 1.79 bits per heavy atom. The SMILES string of the molecule is N#Cc1ccccc1Cn1nc(C2CC2)n(-c2ccccc2)c1=O. The fraction of sp³-hybridized carbons (Fsp3) is 0.211. The predicted molar refractivity (Wildman–Crippen MR) is 90.1 cm³/mol. The highest BCUT2D eigenvalue weighted by atomic mass is 16.2. The molecule has 1 heterocycles. The number of hydrogen-bond donors (Lipinski definition) is 0. The molecule has 0 N–H and O–H groups in total. The summed E-state index contributed by atoms with van der Waals surface area (Å²) in [6, 6.07) is 19.1. The highest BCUT2D eigenvalue weighted by Gasteiger charge is 2.31. The Morgan fingerprint density at radius 3 is 2.50 bits per heavy atom. The third-order valence-electron chi connectivity index (χ3n) is 4.28. The number of benzene rings is 2. The molecule has 2 aromatic carbocycles. The highest BCUT2D eigenvalue weighted by Crippen LogP contribution is 2.39. The molecule has 0 aliphatic heterocycles. The summed E-state index contributed by atoms with van der Waals surface area (Å²) in [5.74, 6) is 1.17. The van der Waals surface area contributed by atoms with Gasteiger partial charge in [0.1, 0.15) is 5.82 Å². The summed E-state index contributed by atoms with van der Waals surface area (Å²) in [5.41, 5.74) is 2.06. The van der Waals surface area contributed by atoms with E-state index in [0.29, 0.717) is 18.0 Å². The van der Waals surface area contributed by atoms with Gasteiger partial charge in [0.2, 0.25) is 0 Å². The van der Waals surface area contributed by atoms with Crippen LogP contribution >= 0.6 is 0 Å². The van der Waals surface area contributed by atoms with E-state index in [-0.39, 0.29) is 5.69 Å². The fourth-order valence-electron chi connectivity index (χ4n) is 2.88. The molecular weight excluding hydrogens is 300 g/mol. The average molecular weight is 316 g/mol. The maximum absolute atomic E-state index is 12.9. The van der Waals surface area contributed by atoms with Gasteiger partial charge in [0, 0.05) is 5.92 Å². The number of rotatable bonds is 4. The molecule has 1 fully saturated rings. The van der Waals surface area contributed by atoms with Crippen molar-refractivity contribution >= 4 is 0 Å². The van der Waals surface area contributed by atoms with Crippen LogP contribution in [0.15, 0.2) is 59.4 Å². The third-order valence-corrected chi connectivity index (χ3v) is 4.28. The predicted octanol–water partition coefficient (Wildman–Crippen LogP) is 2.83. The molecule has 0 unspecified atom stereocenters. The molecule has 0 amide bonds. The Labute approximate surface area is 139 Å². The van der Waals surface area contributed by atoms with Gasteiger partial charge in [0.05, 0.1) is 23.9 Å². The van der Waals surface area contributed by atoms with Crippen LogP contribution in [0.25, 0.3) is 5.69 Å². The smallest absolute Gasteiger partial charge is 0.247 e. The molecule has 4 rings (SSSR count). The van der Waals surface area contributed by atoms with E-state index >= 15 is 0 Å². The minimum absolute atomic E-state index is 0.157. The summed E-state index contributed by atoms with van der Waals surface area (Å²) >= 11 is 0. The summed E-state index contributed by atoms with van der Waals surface area (Å²) in [4.78, 5) is 12.9. The lowest BCUT2D eigenvalue weighted by Crippen LogP contribution is -2.25. The van der Waals surface area contributed by atoms with Gasteiger partial charge < -0.3 is 0 Å². The largest absolute Gasteiger partial charge is 0.350 e. The van der Waals surface area contributed by atoms with E-state index < -0.39 is 0 Å². The van der Waals surface area contributed by atoms with Crippen molar-refractivity contribution < 1.29 is 0 Å².